The van der Waals surface area contributed by atoms with E-state index in [2.05, 4.69) is 15.6 Å². The number of fused-ring (bicyclic) bond motifs is 2. The number of carbonyl (C=O) groups is 3. The first-order valence-corrected chi connectivity index (χ1v) is 12.2. The van der Waals surface area contributed by atoms with Gasteiger partial charge in [0.1, 0.15) is 6.04 Å². The molecule has 2 aromatic heterocycles. The van der Waals surface area contributed by atoms with Gasteiger partial charge in [0.15, 0.2) is 18.1 Å². The molecule has 36 heavy (non-hydrogen) atoms. The molecule has 184 valence electrons. The molecule has 0 unspecified atom stereocenters. The van der Waals surface area contributed by atoms with Crippen LogP contribution in [0.5, 0.6) is 11.5 Å². The molecule has 0 bridgehead atoms. The van der Waals surface area contributed by atoms with Gasteiger partial charge >= 0.3 is 5.97 Å². The molecule has 2 aromatic carbocycles. The number of carbonyl (C=O) groups excluding carboxylic acids is 3. The Kier molecular flexibility index (Phi) is 6.85. The van der Waals surface area contributed by atoms with Gasteiger partial charge in [0.05, 0.1) is 4.88 Å². The number of ether oxygens (including phenoxy) is 3. The van der Waals surface area contributed by atoms with E-state index in [-0.39, 0.29) is 25.7 Å². The molecule has 1 atom stereocenters. The third kappa shape index (κ3) is 5.33. The molecule has 10 heteroatoms. The summed E-state index contributed by atoms with van der Waals surface area (Å²) in [5.41, 5.74) is 2.60. The van der Waals surface area contributed by atoms with E-state index in [0.29, 0.717) is 16.4 Å². The van der Waals surface area contributed by atoms with Crippen LogP contribution in [0.15, 0.2) is 66.2 Å². The van der Waals surface area contributed by atoms with Gasteiger partial charge in [0.25, 0.3) is 11.8 Å². The largest absolute Gasteiger partial charge is 0.454 e. The number of nitrogens with one attached hydrogen (secondary N) is 3. The Bertz CT molecular complexity index is 1400. The van der Waals surface area contributed by atoms with Crippen LogP contribution in [0.25, 0.3) is 10.9 Å². The molecule has 3 N–H and O–H groups in total. The van der Waals surface area contributed by atoms with Crippen molar-refractivity contribution in [2.75, 3.05) is 13.4 Å². The normalized spacial score (nSPS) is 12.8. The maximum Gasteiger partial charge on any atom is 0.329 e. The summed E-state index contributed by atoms with van der Waals surface area (Å²) < 4.78 is 15.9. The lowest BCUT2D eigenvalue weighted by atomic mass is 10.0. The minimum absolute atomic E-state index is 0.170. The van der Waals surface area contributed by atoms with Crippen LogP contribution >= 0.6 is 11.3 Å². The monoisotopic (exact) mass is 505 g/mol. The van der Waals surface area contributed by atoms with Gasteiger partial charge in [0.2, 0.25) is 6.79 Å². The van der Waals surface area contributed by atoms with Gasteiger partial charge in [-0.2, -0.15) is 0 Å². The Hall–Kier alpha value is -4.31. The van der Waals surface area contributed by atoms with Gasteiger partial charge in [-0.1, -0.05) is 30.3 Å². The van der Waals surface area contributed by atoms with Crippen molar-refractivity contribution < 1.29 is 28.6 Å². The van der Waals surface area contributed by atoms with Crippen molar-refractivity contribution in [3.05, 3.63) is 82.2 Å². The lowest BCUT2D eigenvalue weighted by Crippen LogP contribution is -2.44. The SMILES string of the molecule is O=C(COC(=O)[C@H](Cc1c[nH]c2ccccc12)NC(=O)c1cccs1)NCc1ccc2c(c1)OCO2. The summed E-state index contributed by atoms with van der Waals surface area (Å²) in [6.45, 7) is -0.0621. The predicted molar refractivity (Wildman–Crippen MR) is 133 cm³/mol. The fraction of sp³-hybridized carbons (Fsp3) is 0.192. The van der Waals surface area contributed by atoms with Gasteiger partial charge < -0.3 is 29.8 Å². The topological polar surface area (TPSA) is 119 Å². The van der Waals surface area contributed by atoms with E-state index in [1.165, 1.54) is 11.3 Å². The quantitative estimate of drug-likeness (QED) is 0.301. The number of para-hydroxylation sites is 1. The summed E-state index contributed by atoms with van der Waals surface area (Å²) in [6.07, 6.45) is 2.01. The second-order valence-electron chi connectivity index (χ2n) is 8.14. The summed E-state index contributed by atoms with van der Waals surface area (Å²) in [5, 5.41) is 8.20. The van der Waals surface area contributed by atoms with E-state index in [0.717, 1.165) is 22.0 Å². The summed E-state index contributed by atoms with van der Waals surface area (Å²) in [4.78, 5) is 41.6. The summed E-state index contributed by atoms with van der Waals surface area (Å²) in [6, 6.07) is 15.5. The Morgan fingerprint density at radius 2 is 1.92 bits per heavy atom. The third-order valence-corrected chi connectivity index (χ3v) is 6.57. The number of aromatic nitrogens is 1. The highest BCUT2D eigenvalue weighted by Gasteiger charge is 2.26. The molecule has 1 aliphatic heterocycles. The zero-order valence-electron chi connectivity index (χ0n) is 19.1. The fourth-order valence-corrected chi connectivity index (χ4v) is 4.52. The first kappa shape index (κ1) is 23.4. The zero-order valence-corrected chi connectivity index (χ0v) is 19.9. The molecular weight excluding hydrogens is 482 g/mol. The number of aromatic amines is 1. The highest BCUT2D eigenvalue weighted by molar-refractivity contribution is 7.12. The van der Waals surface area contributed by atoms with Crippen molar-refractivity contribution in [3.8, 4) is 11.5 Å². The van der Waals surface area contributed by atoms with Crippen molar-refractivity contribution in [1.82, 2.24) is 15.6 Å². The summed E-state index contributed by atoms with van der Waals surface area (Å²) in [7, 11) is 0. The number of hydrogen-bond acceptors (Lipinski definition) is 7. The Morgan fingerprint density at radius 1 is 1.06 bits per heavy atom. The van der Waals surface area contributed by atoms with E-state index < -0.39 is 24.5 Å². The second kappa shape index (κ2) is 10.5. The van der Waals surface area contributed by atoms with Crippen LogP contribution in [0.4, 0.5) is 0 Å². The molecule has 1 aliphatic rings. The minimum Gasteiger partial charge on any atom is -0.454 e. The van der Waals surface area contributed by atoms with Crippen LogP contribution in [0.2, 0.25) is 0 Å². The van der Waals surface area contributed by atoms with Crippen LogP contribution < -0.4 is 20.1 Å². The average molecular weight is 506 g/mol. The number of thiophene rings is 1. The summed E-state index contributed by atoms with van der Waals surface area (Å²) >= 11 is 1.27. The summed E-state index contributed by atoms with van der Waals surface area (Å²) in [5.74, 6) is -0.251. The molecule has 0 aliphatic carbocycles. The molecule has 0 saturated heterocycles. The van der Waals surface area contributed by atoms with Crippen LogP contribution in [-0.4, -0.2) is 42.2 Å². The van der Waals surface area contributed by atoms with E-state index in [1.54, 1.807) is 35.8 Å². The smallest absolute Gasteiger partial charge is 0.329 e. The standard InChI is InChI=1S/C26H23N3O6S/c30-24(28-12-16-7-8-21-22(10-16)35-15-34-21)14-33-26(32)20(29-25(31)23-6-3-9-36-23)11-17-13-27-19-5-2-1-4-18(17)19/h1-10,13,20,27H,11-12,14-15H2,(H,28,30)(H,29,31)/t20-/m0/s1. The number of amides is 2. The Labute approximate surface area is 210 Å². The second-order valence-corrected chi connectivity index (χ2v) is 9.09. The van der Waals surface area contributed by atoms with Gasteiger partial charge in [0, 0.05) is 30.1 Å². The fourth-order valence-electron chi connectivity index (χ4n) is 3.89. The molecular formula is C26H23N3O6S. The maximum absolute atomic E-state index is 13.0. The third-order valence-electron chi connectivity index (χ3n) is 5.71. The van der Waals surface area contributed by atoms with Gasteiger partial charge in [-0.05, 0) is 40.8 Å². The van der Waals surface area contributed by atoms with Crippen LogP contribution in [0, 0.1) is 0 Å². The lowest BCUT2D eigenvalue weighted by Gasteiger charge is -2.17. The molecule has 9 nitrogen and oxygen atoms in total. The molecule has 0 fully saturated rings. The Balaban J connectivity index is 1.21. The molecule has 2 amide bonds. The first-order chi connectivity index (χ1) is 17.6. The highest BCUT2D eigenvalue weighted by atomic mass is 32.1. The highest BCUT2D eigenvalue weighted by Crippen LogP contribution is 2.32. The van der Waals surface area contributed by atoms with E-state index in [9.17, 15) is 14.4 Å². The van der Waals surface area contributed by atoms with E-state index in [4.69, 9.17) is 14.2 Å². The maximum atomic E-state index is 13.0. The zero-order chi connectivity index (χ0) is 24.9. The van der Waals surface area contributed by atoms with Gasteiger partial charge in [-0.15, -0.1) is 11.3 Å². The van der Waals surface area contributed by atoms with Gasteiger partial charge in [-0.3, -0.25) is 9.59 Å². The van der Waals surface area contributed by atoms with Crippen molar-refractivity contribution in [1.29, 1.82) is 0 Å². The molecule has 4 aromatic rings. The van der Waals surface area contributed by atoms with E-state index >= 15 is 0 Å². The molecule has 3 heterocycles. The van der Waals surface area contributed by atoms with Crippen LogP contribution in [0.3, 0.4) is 0 Å². The van der Waals surface area contributed by atoms with Gasteiger partial charge in [-0.25, -0.2) is 4.79 Å². The average Bonchev–Trinajstić information content (AvgIpc) is 3.66. The number of rotatable bonds is 9. The van der Waals surface area contributed by atoms with Crippen LogP contribution in [-0.2, 0) is 27.3 Å². The van der Waals surface area contributed by atoms with Crippen molar-refractivity contribution in [2.24, 2.45) is 0 Å². The van der Waals surface area contributed by atoms with Crippen molar-refractivity contribution in [2.45, 2.75) is 19.0 Å². The van der Waals surface area contributed by atoms with Crippen LogP contribution in [0.1, 0.15) is 20.8 Å². The van der Waals surface area contributed by atoms with Crippen molar-refractivity contribution >= 4 is 40.0 Å². The number of hydrogen-bond donors (Lipinski definition) is 3. The van der Waals surface area contributed by atoms with E-state index in [1.807, 2.05) is 30.3 Å². The minimum atomic E-state index is -0.972. The molecule has 5 rings (SSSR count). The number of esters is 1. The Morgan fingerprint density at radius 3 is 2.78 bits per heavy atom. The predicted octanol–water partition coefficient (Wildman–Crippen LogP) is 3.16. The molecule has 0 saturated carbocycles. The molecule has 0 radical (unpaired) electrons. The molecule has 0 spiro atoms. The number of benzene rings is 2. The van der Waals surface area contributed by atoms with Crippen molar-refractivity contribution in [3.63, 3.8) is 0 Å². The number of H-pyrrole nitrogens is 1. The lowest BCUT2D eigenvalue weighted by molar-refractivity contribution is -0.150. The first-order valence-electron chi connectivity index (χ1n) is 11.3.